The summed E-state index contributed by atoms with van der Waals surface area (Å²) >= 11 is 0. The zero-order valence-electron chi connectivity index (χ0n) is 9.62. The van der Waals surface area contributed by atoms with E-state index in [1.165, 1.54) is 5.56 Å². The second-order valence-electron chi connectivity index (χ2n) is 4.62. The standard InChI is InChI=1S/C12H16N4/c1-7-3-8(2)10-5-9(6-13)12(16-14)15-11(10)4-7/h5,7-8H,3-4,14H2,1-2H3,(H,15,16). The first kappa shape index (κ1) is 10.9. The third kappa shape index (κ3) is 1.74. The van der Waals surface area contributed by atoms with Gasteiger partial charge in [0.25, 0.3) is 0 Å². The number of hydrogen-bond acceptors (Lipinski definition) is 4. The van der Waals surface area contributed by atoms with Gasteiger partial charge >= 0.3 is 0 Å². The summed E-state index contributed by atoms with van der Waals surface area (Å²) in [5, 5.41) is 9.00. The molecule has 84 valence electrons. The molecule has 16 heavy (non-hydrogen) atoms. The molecule has 0 fully saturated rings. The quantitative estimate of drug-likeness (QED) is 0.555. The number of rotatable bonds is 1. The summed E-state index contributed by atoms with van der Waals surface area (Å²) in [4.78, 5) is 4.44. The molecule has 0 aliphatic heterocycles. The lowest BCUT2D eigenvalue weighted by Crippen LogP contribution is -2.19. The smallest absolute Gasteiger partial charge is 0.158 e. The fraction of sp³-hybridized carbons (Fsp3) is 0.500. The molecular formula is C12H16N4. The molecule has 0 saturated heterocycles. The minimum Gasteiger partial charge on any atom is -0.307 e. The summed E-state index contributed by atoms with van der Waals surface area (Å²) in [7, 11) is 0. The largest absolute Gasteiger partial charge is 0.307 e. The Balaban J connectivity index is 2.53. The van der Waals surface area contributed by atoms with Crippen molar-refractivity contribution < 1.29 is 0 Å². The first-order valence-electron chi connectivity index (χ1n) is 5.56. The van der Waals surface area contributed by atoms with Crippen LogP contribution in [0.15, 0.2) is 6.07 Å². The van der Waals surface area contributed by atoms with Gasteiger partial charge < -0.3 is 5.43 Å². The molecule has 1 aliphatic carbocycles. The van der Waals surface area contributed by atoms with Crippen LogP contribution in [0.4, 0.5) is 5.82 Å². The van der Waals surface area contributed by atoms with Crippen LogP contribution in [0.2, 0.25) is 0 Å². The van der Waals surface area contributed by atoms with Gasteiger partial charge in [-0.25, -0.2) is 10.8 Å². The predicted octanol–water partition coefficient (Wildman–Crippen LogP) is 1.92. The van der Waals surface area contributed by atoms with Crippen molar-refractivity contribution in [2.24, 2.45) is 11.8 Å². The normalized spacial score (nSPS) is 23.4. The highest BCUT2D eigenvalue weighted by Crippen LogP contribution is 2.35. The van der Waals surface area contributed by atoms with E-state index in [1.807, 2.05) is 6.07 Å². The summed E-state index contributed by atoms with van der Waals surface area (Å²) < 4.78 is 0. The van der Waals surface area contributed by atoms with Crippen molar-refractivity contribution >= 4 is 5.82 Å². The topological polar surface area (TPSA) is 74.7 Å². The molecule has 1 aliphatic rings. The van der Waals surface area contributed by atoms with Crippen LogP contribution in [0, 0.1) is 17.2 Å². The van der Waals surface area contributed by atoms with Gasteiger partial charge in [-0.2, -0.15) is 5.26 Å². The molecule has 2 rings (SSSR count). The van der Waals surface area contributed by atoms with E-state index in [1.54, 1.807) is 0 Å². The zero-order chi connectivity index (χ0) is 11.7. The lowest BCUT2D eigenvalue weighted by atomic mass is 9.80. The molecule has 0 aromatic carbocycles. The maximum absolute atomic E-state index is 9.00. The molecule has 0 radical (unpaired) electrons. The first-order chi connectivity index (χ1) is 7.65. The molecule has 3 N–H and O–H groups in total. The first-order valence-corrected chi connectivity index (χ1v) is 5.56. The number of nitriles is 1. The molecule has 2 unspecified atom stereocenters. The fourth-order valence-corrected chi connectivity index (χ4v) is 2.50. The third-order valence-corrected chi connectivity index (χ3v) is 3.22. The number of nitrogens with zero attached hydrogens (tertiary/aromatic N) is 2. The third-order valence-electron chi connectivity index (χ3n) is 3.22. The highest BCUT2D eigenvalue weighted by molar-refractivity contribution is 5.54. The van der Waals surface area contributed by atoms with Crippen molar-refractivity contribution in [1.29, 1.82) is 5.26 Å². The van der Waals surface area contributed by atoms with E-state index in [-0.39, 0.29) is 0 Å². The molecule has 1 aromatic heterocycles. The number of hydrazine groups is 1. The van der Waals surface area contributed by atoms with Crippen LogP contribution < -0.4 is 11.3 Å². The van der Waals surface area contributed by atoms with Gasteiger partial charge in [-0.05, 0) is 36.3 Å². The van der Waals surface area contributed by atoms with Crippen molar-refractivity contribution in [2.75, 3.05) is 5.43 Å². The number of nitrogen functional groups attached to an aromatic ring is 1. The van der Waals surface area contributed by atoms with Crippen molar-refractivity contribution in [3.05, 3.63) is 22.9 Å². The van der Waals surface area contributed by atoms with Crippen molar-refractivity contribution in [3.8, 4) is 6.07 Å². The van der Waals surface area contributed by atoms with Crippen LogP contribution in [0.25, 0.3) is 0 Å². The Labute approximate surface area is 95.5 Å². The van der Waals surface area contributed by atoms with Gasteiger partial charge in [0.05, 0.1) is 5.56 Å². The van der Waals surface area contributed by atoms with Gasteiger partial charge in [0, 0.05) is 5.69 Å². The molecule has 1 aromatic rings. The molecule has 0 amide bonds. The highest BCUT2D eigenvalue weighted by atomic mass is 15.2. The molecule has 0 bridgehead atoms. The molecular weight excluding hydrogens is 200 g/mol. The summed E-state index contributed by atoms with van der Waals surface area (Å²) in [6.45, 7) is 4.42. The van der Waals surface area contributed by atoms with Gasteiger partial charge in [0.1, 0.15) is 6.07 Å². The minimum atomic E-state index is 0.477. The van der Waals surface area contributed by atoms with E-state index in [0.29, 0.717) is 23.2 Å². The Kier molecular flexibility index (Phi) is 2.80. The number of nitrogens with two attached hydrogens (primary N) is 1. The maximum atomic E-state index is 9.00. The Morgan fingerprint density at radius 2 is 2.31 bits per heavy atom. The monoisotopic (exact) mass is 216 g/mol. The summed E-state index contributed by atoms with van der Waals surface area (Å²) in [5.74, 6) is 6.98. The van der Waals surface area contributed by atoms with E-state index in [2.05, 4.69) is 30.3 Å². The number of pyridine rings is 1. The summed E-state index contributed by atoms with van der Waals surface area (Å²) in [6, 6.07) is 4.05. The predicted molar refractivity (Wildman–Crippen MR) is 62.7 cm³/mol. The molecule has 0 saturated carbocycles. The number of hydrogen-bond donors (Lipinski definition) is 2. The van der Waals surface area contributed by atoms with Crippen LogP contribution >= 0.6 is 0 Å². The van der Waals surface area contributed by atoms with E-state index in [0.717, 1.165) is 18.5 Å². The van der Waals surface area contributed by atoms with Crippen LogP contribution in [-0.4, -0.2) is 4.98 Å². The van der Waals surface area contributed by atoms with Gasteiger partial charge in [-0.15, -0.1) is 0 Å². The second-order valence-corrected chi connectivity index (χ2v) is 4.62. The van der Waals surface area contributed by atoms with Crippen LogP contribution in [0.3, 0.4) is 0 Å². The van der Waals surface area contributed by atoms with Crippen LogP contribution in [-0.2, 0) is 6.42 Å². The average molecular weight is 216 g/mol. The van der Waals surface area contributed by atoms with Crippen molar-refractivity contribution in [3.63, 3.8) is 0 Å². The number of aromatic nitrogens is 1. The molecule has 1 heterocycles. The van der Waals surface area contributed by atoms with Gasteiger partial charge in [0.2, 0.25) is 0 Å². The zero-order valence-corrected chi connectivity index (χ0v) is 9.62. The van der Waals surface area contributed by atoms with Gasteiger partial charge in [0.15, 0.2) is 5.82 Å². The Hall–Kier alpha value is -1.60. The second kappa shape index (κ2) is 4.11. The molecule has 4 nitrogen and oxygen atoms in total. The number of anilines is 1. The Bertz CT molecular complexity index is 447. The Morgan fingerprint density at radius 1 is 1.56 bits per heavy atom. The van der Waals surface area contributed by atoms with E-state index in [9.17, 15) is 0 Å². The Morgan fingerprint density at radius 3 is 2.94 bits per heavy atom. The maximum Gasteiger partial charge on any atom is 0.158 e. The lowest BCUT2D eigenvalue weighted by Gasteiger charge is -2.27. The summed E-state index contributed by atoms with van der Waals surface area (Å²) in [6.07, 6.45) is 2.13. The van der Waals surface area contributed by atoms with Gasteiger partial charge in [-0.1, -0.05) is 13.8 Å². The van der Waals surface area contributed by atoms with Crippen molar-refractivity contribution in [1.82, 2.24) is 4.98 Å². The molecule has 4 heteroatoms. The van der Waals surface area contributed by atoms with E-state index >= 15 is 0 Å². The lowest BCUT2D eigenvalue weighted by molar-refractivity contribution is 0.442. The number of fused-ring (bicyclic) bond motifs is 1. The summed E-state index contributed by atoms with van der Waals surface area (Å²) in [5.41, 5.74) is 5.31. The van der Waals surface area contributed by atoms with E-state index in [4.69, 9.17) is 11.1 Å². The van der Waals surface area contributed by atoms with Crippen LogP contribution in [0.5, 0.6) is 0 Å². The minimum absolute atomic E-state index is 0.477. The average Bonchev–Trinajstić information content (AvgIpc) is 2.27. The molecule has 2 atom stereocenters. The van der Waals surface area contributed by atoms with Gasteiger partial charge in [-0.3, -0.25) is 0 Å². The highest BCUT2D eigenvalue weighted by Gasteiger charge is 2.24. The SMILES string of the molecule is CC1Cc2nc(NN)c(C#N)cc2C(C)C1. The molecule has 0 spiro atoms. The van der Waals surface area contributed by atoms with Crippen LogP contribution in [0.1, 0.15) is 43.0 Å². The fourth-order valence-electron chi connectivity index (χ4n) is 2.50. The van der Waals surface area contributed by atoms with E-state index < -0.39 is 0 Å². The van der Waals surface area contributed by atoms with Crippen molar-refractivity contribution in [2.45, 2.75) is 32.6 Å². The number of nitrogens with one attached hydrogen (secondary N) is 1.